The lowest BCUT2D eigenvalue weighted by atomic mass is 10.1. The molecule has 0 radical (unpaired) electrons. The molecule has 3 aromatic rings. The number of carbonyl (C=O) groups is 1. The highest BCUT2D eigenvalue weighted by atomic mass is 79.9. The number of benzene rings is 2. The molecule has 0 unspecified atom stereocenters. The molecular formula is C17H13BrN2O3. The fourth-order valence-corrected chi connectivity index (χ4v) is 2.35. The number of methoxy groups -OCH3 is 1. The summed E-state index contributed by atoms with van der Waals surface area (Å²) < 4.78 is 11.3. The van der Waals surface area contributed by atoms with E-state index in [1.54, 1.807) is 19.2 Å². The number of aromatic nitrogens is 1. The molecule has 0 bridgehead atoms. The molecule has 0 saturated heterocycles. The molecule has 116 valence electrons. The van der Waals surface area contributed by atoms with Crippen molar-refractivity contribution in [2.24, 2.45) is 0 Å². The Bertz CT molecular complexity index is 811. The summed E-state index contributed by atoms with van der Waals surface area (Å²) in [5.41, 5.74) is 1.82. The minimum absolute atomic E-state index is 0.278. The van der Waals surface area contributed by atoms with Crippen LogP contribution in [-0.2, 0) is 0 Å². The van der Waals surface area contributed by atoms with Gasteiger partial charge in [-0.05, 0) is 48.5 Å². The van der Waals surface area contributed by atoms with Gasteiger partial charge >= 0.3 is 0 Å². The monoisotopic (exact) mass is 372 g/mol. The summed E-state index contributed by atoms with van der Waals surface area (Å²) in [5, 5.41) is 6.56. The summed E-state index contributed by atoms with van der Waals surface area (Å²) in [6.07, 6.45) is 1.41. The predicted octanol–water partition coefficient (Wildman–Crippen LogP) is 4.37. The van der Waals surface area contributed by atoms with Crippen molar-refractivity contribution in [3.05, 3.63) is 64.8 Å². The Hall–Kier alpha value is -2.60. The van der Waals surface area contributed by atoms with Crippen LogP contribution in [0.1, 0.15) is 10.4 Å². The Morgan fingerprint density at radius 1 is 1.13 bits per heavy atom. The van der Waals surface area contributed by atoms with Gasteiger partial charge in [0.2, 0.25) is 0 Å². The molecule has 3 rings (SSSR count). The van der Waals surface area contributed by atoms with Gasteiger partial charge in [0.05, 0.1) is 13.3 Å². The molecule has 6 heteroatoms. The van der Waals surface area contributed by atoms with Crippen molar-refractivity contribution in [2.45, 2.75) is 0 Å². The lowest BCUT2D eigenvalue weighted by Gasteiger charge is -2.05. The first kappa shape index (κ1) is 15.3. The van der Waals surface area contributed by atoms with E-state index in [1.165, 1.54) is 6.20 Å². The molecule has 0 aliphatic carbocycles. The Balaban J connectivity index is 1.84. The fourth-order valence-electron chi connectivity index (χ4n) is 2.08. The number of nitrogens with zero attached hydrogens (tertiary/aromatic N) is 1. The van der Waals surface area contributed by atoms with Gasteiger partial charge in [0, 0.05) is 15.7 Å². The van der Waals surface area contributed by atoms with E-state index in [9.17, 15) is 4.79 Å². The van der Waals surface area contributed by atoms with Crippen LogP contribution in [0.15, 0.2) is 63.7 Å². The van der Waals surface area contributed by atoms with Crippen molar-refractivity contribution in [2.75, 3.05) is 12.4 Å². The summed E-state index contributed by atoms with van der Waals surface area (Å²) in [4.78, 5) is 12.4. The molecule has 1 aromatic heterocycles. The highest BCUT2D eigenvalue weighted by molar-refractivity contribution is 9.10. The normalized spacial score (nSPS) is 10.3. The number of carbonyl (C=O) groups excluding carboxylic acids is 1. The number of amides is 1. The molecule has 0 spiro atoms. The molecule has 1 amide bonds. The van der Waals surface area contributed by atoms with Crippen molar-refractivity contribution in [3.63, 3.8) is 0 Å². The number of rotatable bonds is 4. The van der Waals surface area contributed by atoms with Gasteiger partial charge in [-0.1, -0.05) is 21.1 Å². The van der Waals surface area contributed by atoms with E-state index in [1.807, 2.05) is 36.4 Å². The van der Waals surface area contributed by atoms with Crippen molar-refractivity contribution in [1.82, 2.24) is 5.16 Å². The third-order valence-electron chi connectivity index (χ3n) is 3.27. The second-order valence-electron chi connectivity index (χ2n) is 4.76. The van der Waals surface area contributed by atoms with Crippen LogP contribution in [0.25, 0.3) is 11.3 Å². The van der Waals surface area contributed by atoms with Gasteiger partial charge in [-0.15, -0.1) is 0 Å². The Labute approximate surface area is 141 Å². The highest BCUT2D eigenvalue weighted by Gasteiger charge is 2.18. The van der Waals surface area contributed by atoms with Gasteiger partial charge in [-0.2, -0.15) is 0 Å². The number of hydrogen-bond acceptors (Lipinski definition) is 4. The van der Waals surface area contributed by atoms with Crippen LogP contribution in [-0.4, -0.2) is 18.2 Å². The number of nitrogens with one attached hydrogen (secondary N) is 1. The van der Waals surface area contributed by atoms with Crippen LogP contribution in [0.5, 0.6) is 5.75 Å². The zero-order chi connectivity index (χ0) is 16.2. The number of anilines is 1. The van der Waals surface area contributed by atoms with E-state index in [-0.39, 0.29) is 5.91 Å². The number of hydrogen-bond donors (Lipinski definition) is 1. The Morgan fingerprint density at radius 3 is 2.48 bits per heavy atom. The maximum absolute atomic E-state index is 12.4. The molecule has 0 aliphatic heterocycles. The summed E-state index contributed by atoms with van der Waals surface area (Å²) >= 11 is 3.36. The van der Waals surface area contributed by atoms with Crippen LogP contribution < -0.4 is 10.1 Å². The quantitative estimate of drug-likeness (QED) is 0.738. The van der Waals surface area contributed by atoms with Crippen molar-refractivity contribution < 1.29 is 14.1 Å². The smallest absolute Gasteiger partial charge is 0.261 e. The minimum Gasteiger partial charge on any atom is -0.497 e. The molecule has 0 saturated carbocycles. The van der Waals surface area contributed by atoms with E-state index in [2.05, 4.69) is 26.4 Å². The van der Waals surface area contributed by atoms with E-state index in [0.717, 1.165) is 15.8 Å². The van der Waals surface area contributed by atoms with Gasteiger partial charge in [0.1, 0.15) is 11.3 Å². The van der Waals surface area contributed by atoms with Crippen molar-refractivity contribution >= 4 is 27.5 Å². The highest BCUT2D eigenvalue weighted by Crippen LogP contribution is 2.26. The summed E-state index contributed by atoms with van der Waals surface area (Å²) in [5.74, 6) is 0.871. The van der Waals surface area contributed by atoms with Crippen LogP contribution in [0.3, 0.4) is 0 Å². The van der Waals surface area contributed by atoms with Gasteiger partial charge in [-0.25, -0.2) is 0 Å². The molecule has 1 heterocycles. The van der Waals surface area contributed by atoms with Crippen LogP contribution in [0.4, 0.5) is 5.69 Å². The molecule has 1 N–H and O–H groups in total. The second-order valence-corrected chi connectivity index (χ2v) is 5.67. The zero-order valence-corrected chi connectivity index (χ0v) is 13.8. The molecule has 0 fully saturated rings. The molecule has 5 nitrogen and oxygen atoms in total. The first-order valence-corrected chi connectivity index (χ1v) is 7.62. The predicted molar refractivity (Wildman–Crippen MR) is 90.6 cm³/mol. The first-order chi connectivity index (χ1) is 11.2. The average Bonchev–Trinajstić information content (AvgIpc) is 3.07. The number of ether oxygens (including phenoxy) is 1. The van der Waals surface area contributed by atoms with E-state index in [0.29, 0.717) is 17.0 Å². The largest absolute Gasteiger partial charge is 0.497 e. The van der Waals surface area contributed by atoms with Crippen LogP contribution >= 0.6 is 15.9 Å². The lowest BCUT2D eigenvalue weighted by molar-refractivity contribution is 0.102. The van der Waals surface area contributed by atoms with E-state index in [4.69, 9.17) is 9.26 Å². The average molecular weight is 373 g/mol. The van der Waals surface area contributed by atoms with E-state index < -0.39 is 0 Å². The first-order valence-electron chi connectivity index (χ1n) is 6.83. The van der Waals surface area contributed by atoms with Crippen LogP contribution in [0.2, 0.25) is 0 Å². The fraction of sp³-hybridized carbons (Fsp3) is 0.0588. The van der Waals surface area contributed by atoms with Crippen LogP contribution in [0, 0.1) is 0 Å². The van der Waals surface area contributed by atoms with Crippen molar-refractivity contribution in [1.29, 1.82) is 0 Å². The molecule has 0 atom stereocenters. The molecule has 2 aromatic carbocycles. The van der Waals surface area contributed by atoms with Crippen molar-refractivity contribution in [3.8, 4) is 17.1 Å². The maximum Gasteiger partial charge on any atom is 0.261 e. The standard InChI is InChI=1S/C17H13BrN2O3/c1-22-14-8-2-11(3-9-14)16-15(10-19-23-16)17(21)20-13-6-4-12(18)5-7-13/h2-10H,1H3,(H,20,21). The number of halogens is 1. The summed E-state index contributed by atoms with van der Waals surface area (Å²) in [6, 6.07) is 14.6. The SMILES string of the molecule is COc1ccc(-c2oncc2C(=O)Nc2ccc(Br)cc2)cc1. The lowest BCUT2D eigenvalue weighted by Crippen LogP contribution is -2.11. The molecule has 0 aliphatic rings. The maximum atomic E-state index is 12.4. The van der Waals surface area contributed by atoms with Gasteiger partial charge < -0.3 is 14.6 Å². The second kappa shape index (κ2) is 6.66. The van der Waals surface area contributed by atoms with Gasteiger partial charge in [-0.3, -0.25) is 4.79 Å². The molecular weight excluding hydrogens is 360 g/mol. The zero-order valence-electron chi connectivity index (χ0n) is 12.2. The van der Waals surface area contributed by atoms with Gasteiger partial charge in [0.15, 0.2) is 5.76 Å². The third-order valence-corrected chi connectivity index (χ3v) is 3.80. The summed E-state index contributed by atoms with van der Waals surface area (Å²) in [6.45, 7) is 0. The van der Waals surface area contributed by atoms with E-state index >= 15 is 0 Å². The minimum atomic E-state index is -0.278. The van der Waals surface area contributed by atoms with Gasteiger partial charge in [0.25, 0.3) is 5.91 Å². The summed E-state index contributed by atoms with van der Waals surface area (Å²) in [7, 11) is 1.60. The third kappa shape index (κ3) is 3.43. The Morgan fingerprint density at radius 2 is 1.83 bits per heavy atom. The molecule has 23 heavy (non-hydrogen) atoms. The topological polar surface area (TPSA) is 64.4 Å². The Kier molecular flexibility index (Phi) is 4.43.